The molecule has 0 fully saturated rings. The molecule has 21 heteroatoms. The summed E-state index contributed by atoms with van der Waals surface area (Å²) in [6.07, 6.45) is 0.659. The zero-order chi connectivity index (χ0) is 38.3. The number of aliphatic imine (C=N–C) groups is 1. The van der Waals surface area contributed by atoms with E-state index in [1.54, 1.807) is 19.1 Å². The van der Waals surface area contributed by atoms with Crippen molar-refractivity contribution in [2.24, 2.45) is 10.7 Å². The number of halogens is 2. The van der Waals surface area contributed by atoms with Crippen LogP contribution in [0.1, 0.15) is 35.3 Å². The Labute approximate surface area is 314 Å². The summed E-state index contributed by atoms with van der Waals surface area (Å²) in [5.74, 6) is -0.824. The van der Waals surface area contributed by atoms with E-state index in [2.05, 4.69) is 20.4 Å². The summed E-state index contributed by atoms with van der Waals surface area (Å²) >= 11 is 6.74. The van der Waals surface area contributed by atoms with E-state index in [1.165, 1.54) is 55.9 Å². The minimum atomic E-state index is -2.36. The van der Waals surface area contributed by atoms with Gasteiger partial charge in [-0.15, -0.1) is 5.11 Å². The van der Waals surface area contributed by atoms with Crippen molar-refractivity contribution in [3.63, 3.8) is 0 Å². The third kappa shape index (κ3) is 7.47. The van der Waals surface area contributed by atoms with Crippen molar-refractivity contribution in [2.75, 3.05) is 12.4 Å². The van der Waals surface area contributed by atoms with Crippen LogP contribution in [0.3, 0.4) is 0 Å². The van der Waals surface area contributed by atoms with Crippen molar-refractivity contribution in [1.29, 1.82) is 0 Å². The fourth-order valence-corrected chi connectivity index (χ4v) is 5.80. The Kier molecular flexibility index (Phi) is 11.0. The first kappa shape index (κ1) is 39.0. The molecule has 5 N–H and O–H groups in total. The number of hydrogen-bond acceptors (Lipinski definition) is 9. The zero-order valence-electron chi connectivity index (χ0n) is 27.9. The highest BCUT2D eigenvalue weighted by atomic mass is 35.5. The number of fused-ring (bicyclic) bond motifs is 5. The van der Waals surface area contributed by atoms with Gasteiger partial charge in [-0.1, -0.05) is 35.9 Å². The number of pyridine rings is 1. The lowest BCUT2D eigenvalue weighted by Gasteiger charge is -2.43. The summed E-state index contributed by atoms with van der Waals surface area (Å²) in [5, 5.41) is 18.3. The van der Waals surface area contributed by atoms with Gasteiger partial charge >= 0.3 is 13.2 Å². The van der Waals surface area contributed by atoms with E-state index in [0.717, 1.165) is 4.68 Å². The van der Waals surface area contributed by atoms with Crippen molar-refractivity contribution >= 4 is 103 Å². The number of ether oxygens (including phenoxy) is 2. The predicted octanol–water partition coefficient (Wildman–Crippen LogP) is 0.706. The average molecular weight is 702 g/mol. The number of nitrogens with one attached hydrogen (secondary N) is 1. The second-order valence-electron chi connectivity index (χ2n) is 12.1. The molecule has 1 amide bonds. The number of allylic oxidation sites excluding steroid dienone is 1. The maximum absolute atomic E-state index is 14.8. The molecule has 0 aliphatic carbocycles. The predicted molar refractivity (Wildman–Crippen MR) is 204 cm³/mol. The van der Waals surface area contributed by atoms with Gasteiger partial charge in [-0.05, 0) is 58.3 Å². The first-order chi connectivity index (χ1) is 24.3. The lowest BCUT2D eigenvalue weighted by atomic mass is 9.26. The number of amides is 1. The standard InChI is InChI=1S/C31H24B8ClFN6O5/c1-14-20-10-18(41)7-8-19(20)24(42)21(12-43-2)29(32,33)23-25(47(46-26(23)40)31(37,38)30(34,35)36)16-9-22(52-14)27(44-11-16)45-28(48)51-13-15-3-5-17(6-4-15)39(49)50/h3-12,14,49-50H,13,42H2,1-2H3,(H,44,45,48)/b24-21+,43-12?/t14-/m1/s1. The lowest BCUT2D eigenvalue weighted by Crippen LogP contribution is -2.49. The Morgan fingerprint density at radius 1 is 1.19 bits per heavy atom. The molecule has 5 rings (SSSR count). The fraction of sp³-hybridized carbons (Fsp3) is 0.226. The van der Waals surface area contributed by atoms with Crippen molar-refractivity contribution in [3.05, 3.63) is 93.5 Å². The van der Waals surface area contributed by atoms with Gasteiger partial charge in [-0.3, -0.25) is 15.0 Å². The van der Waals surface area contributed by atoms with E-state index in [0.29, 0.717) is 5.56 Å². The number of rotatable bonds is 7. The number of nitrogens with zero attached hydrogens (tertiary/aromatic N) is 4. The number of nitrogens with two attached hydrogens (primary N) is 1. The molecule has 0 saturated heterocycles. The summed E-state index contributed by atoms with van der Waals surface area (Å²) in [6.45, 7) is 1.41. The largest absolute Gasteiger partial charge is 0.488 e. The van der Waals surface area contributed by atoms with Crippen LogP contribution in [0.4, 0.5) is 15.0 Å². The highest BCUT2D eigenvalue weighted by molar-refractivity contribution is 6.66. The summed E-state index contributed by atoms with van der Waals surface area (Å²) in [7, 11) is 44.3. The molecule has 0 spiro atoms. The zero-order valence-corrected chi connectivity index (χ0v) is 28.7. The Bertz CT molecular complexity index is 2080. The van der Waals surface area contributed by atoms with Crippen molar-refractivity contribution < 1.29 is 28.7 Å². The molecule has 2 aromatic heterocycles. The first-order valence-electron chi connectivity index (χ1n) is 15.4. The number of anilines is 1. The summed E-state index contributed by atoms with van der Waals surface area (Å²) < 4.78 is 27.4. The second-order valence-corrected chi connectivity index (χ2v) is 12.5. The van der Waals surface area contributed by atoms with E-state index in [-0.39, 0.29) is 68.0 Å². The van der Waals surface area contributed by atoms with Gasteiger partial charge < -0.3 is 25.3 Å². The van der Waals surface area contributed by atoms with Gasteiger partial charge in [0.05, 0.1) is 60.6 Å². The normalized spacial score (nSPS) is 17.2. The van der Waals surface area contributed by atoms with Crippen molar-refractivity contribution in [1.82, 2.24) is 14.8 Å². The Hall–Kier alpha value is -4.26. The molecular formula is C31H24B8ClFN6O5. The van der Waals surface area contributed by atoms with E-state index in [1.807, 2.05) is 0 Å². The third-order valence-corrected chi connectivity index (χ3v) is 8.60. The molecule has 4 aromatic rings. The van der Waals surface area contributed by atoms with Crippen molar-refractivity contribution in [3.8, 4) is 17.0 Å². The van der Waals surface area contributed by atoms with Gasteiger partial charge in [-0.25, -0.2) is 14.2 Å². The van der Waals surface area contributed by atoms with E-state index in [9.17, 15) is 19.2 Å². The van der Waals surface area contributed by atoms with Crippen LogP contribution in [0, 0.1) is 5.82 Å². The summed E-state index contributed by atoms with van der Waals surface area (Å²) in [5.41, 5.74) is 8.00. The molecule has 1 aliphatic rings. The number of carbonyl (C=O) groups excluding carboxylic acids is 1. The Morgan fingerprint density at radius 2 is 1.87 bits per heavy atom. The number of benzene rings is 2. The molecule has 2 bridgehead atoms. The van der Waals surface area contributed by atoms with Gasteiger partial charge in [0.25, 0.3) is 0 Å². The van der Waals surface area contributed by atoms with Gasteiger partial charge in [0.2, 0.25) is 0 Å². The highest BCUT2D eigenvalue weighted by Gasteiger charge is 2.41. The van der Waals surface area contributed by atoms with Crippen LogP contribution in [0.25, 0.3) is 17.0 Å². The van der Waals surface area contributed by atoms with Crippen LogP contribution < -0.4 is 21.3 Å². The number of aromatic nitrogens is 3. The van der Waals surface area contributed by atoms with Gasteiger partial charge in [-0.2, -0.15) is 5.10 Å². The molecule has 14 radical (unpaired) electrons. The Balaban J connectivity index is 1.72. The van der Waals surface area contributed by atoms with Gasteiger partial charge in [0.15, 0.2) is 16.7 Å². The highest BCUT2D eigenvalue weighted by Crippen LogP contribution is 2.46. The van der Waals surface area contributed by atoms with Crippen molar-refractivity contribution in [2.45, 2.75) is 35.3 Å². The van der Waals surface area contributed by atoms with Crippen LogP contribution in [-0.2, 0) is 21.9 Å². The van der Waals surface area contributed by atoms with Gasteiger partial charge in [0.1, 0.15) is 18.5 Å². The maximum Gasteiger partial charge on any atom is 0.488 e. The second kappa shape index (κ2) is 14.6. The molecule has 3 heterocycles. The lowest BCUT2D eigenvalue weighted by molar-refractivity contribution is 0.154. The van der Waals surface area contributed by atoms with Crippen LogP contribution >= 0.6 is 11.6 Å². The SMILES string of the molecule is [B]C1([B])/C(C=NC)=C(/N)c2ccc(F)cc2[C@@H](C)Oc2cc(cnc2NC(=O)OCc2ccc(B(O)O)cc2)-c2c1c(Cl)nn2C([B])([B])C([B])([B])[B]. The third-order valence-electron chi connectivity index (χ3n) is 8.33. The van der Waals surface area contributed by atoms with Crippen LogP contribution in [0.15, 0.2) is 65.3 Å². The van der Waals surface area contributed by atoms with Crippen LogP contribution in [-0.4, -0.2) is 106 Å². The maximum atomic E-state index is 14.8. The number of hydrogen-bond donors (Lipinski definition) is 4. The summed E-state index contributed by atoms with van der Waals surface area (Å²) in [4.78, 5) is 21.5. The molecule has 52 heavy (non-hydrogen) atoms. The van der Waals surface area contributed by atoms with E-state index >= 15 is 0 Å². The Morgan fingerprint density at radius 3 is 2.48 bits per heavy atom. The van der Waals surface area contributed by atoms with Crippen LogP contribution in [0.5, 0.6) is 5.75 Å². The fourth-order valence-electron chi connectivity index (χ4n) is 5.48. The minimum absolute atomic E-state index is 0.0221. The molecular weight excluding hydrogens is 677 g/mol. The van der Waals surface area contributed by atoms with Gasteiger partial charge in [0, 0.05) is 47.4 Å². The topological polar surface area (TPSA) is 157 Å². The number of carbonyl (C=O) groups is 1. The molecule has 0 saturated carbocycles. The quantitative estimate of drug-likeness (QED) is 0.162. The van der Waals surface area contributed by atoms with E-state index in [4.69, 9.17) is 81.7 Å². The average Bonchev–Trinajstić information content (AvgIpc) is 3.44. The van der Waals surface area contributed by atoms with E-state index < -0.39 is 40.8 Å². The molecule has 246 valence electrons. The van der Waals surface area contributed by atoms with Crippen LogP contribution in [0.2, 0.25) is 10.3 Å². The molecule has 0 unspecified atom stereocenters. The molecule has 1 atom stereocenters. The smallest absolute Gasteiger partial charge is 0.482 e. The summed E-state index contributed by atoms with van der Waals surface area (Å²) in [6, 6.07) is 11.3. The molecule has 2 aromatic carbocycles. The molecule has 11 nitrogen and oxygen atoms in total. The monoisotopic (exact) mass is 702 g/mol. The first-order valence-corrected chi connectivity index (χ1v) is 15.7. The minimum Gasteiger partial charge on any atom is -0.482 e. The molecule has 1 aliphatic heterocycles.